The van der Waals surface area contributed by atoms with Crippen LogP contribution >= 0.6 is 0 Å². The van der Waals surface area contributed by atoms with Crippen LogP contribution in [-0.4, -0.2) is 29.1 Å². The summed E-state index contributed by atoms with van der Waals surface area (Å²) in [6, 6.07) is 4.33. The van der Waals surface area contributed by atoms with Gasteiger partial charge in [0.15, 0.2) is 0 Å². The number of anilines is 1. The summed E-state index contributed by atoms with van der Waals surface area (Å²) in [5.74, 6) is -0.124. The van der Waals surface area contributed by atoms with Gasteiger partial charge in [0.25, 0.3) is 0 Å². The van der Waals surface area contributed by atoms with Crippen LogP contribution in [0, 0.1) is 5.82 Å². The Morgan fingerprint density at radius 1 is 1.53 bits per heavy atom. The van der Waals surface area contributed by atoms with Crippen molar-refractivity contribution in [3.63, 3.8) is 0 Å². The van der Waals surface area contributed by atoms with Crippen LogP contribution in [0.15, 0.2) is 18.2 Å². The van der Waals surface area contributed by atoms with Gasteiger partial charge >= 0.3 is 0 Å². The molecule has 90 valence electrons. The quantitative estimate of drug-likeness (QED) is 0.831. The van der Waals surface area contributed by atoms with E-state index in [1.54, 1.807) is 24.7 Å². The summed E-state index contributed by atoms with van der Waals surface area (Å²) >= 11 is 0. The molecule has 1 amide bonds. The van der Waals surface area contributed by atoms with Crippen LogP contribution in [0.1, 0.15) is 0 Å². The number of aromatic nitrogens is 2. The summed E-state index contributed by atoms with van der Waals surface area (Å²) in [5, 5.41) is 5.39. The van der Waals surface area contributed by atoms with E-state index in [0.29, 0.717) is 11.5 Å². The van der Waals surface area contributed by atoms with Crippen LogP contribution in [0.25, 0.3) is 11.0 Å². The molecule has 0 aliphatic heterocycles. The fourth-order valence-electron chi connectivity index (χ4n) is 1.61. The van der Waals surface area contributed by atoms with Gasteiger partial charge in [-0.15, -0.1) is 0 Å². The molecule has 0 fully saturated rings. The fourth-order valence-corrected chi connectivity index (χ4v) is 1.61. The first kappa shape index (κ1) is 11.5. The van der Waals surface area contributed by atoms with Crippen LogP contribution in [0.4, 0.5) is 10.3 Å². The Bertz CT molecular complexity index is 564. The predicted octanol–water partition coefficient (Wildman–Crippen LogP) is 0.870. The van der Waals surface area contributed by atoms with Crippen LogP contribution in [0.3, 0.4) is 0 Å². The van der Waals surface area contributed by atoms with E-state index >= 15 is 0 Å². The highest BCUT2D eigenvalue weighted by atomic mass is 19.1. The minimum absolute atomic E-state index is 0.189. The van der Waals surface area contributed by atoms with Crippen molar-refractivity contribution in [3.05, 3.63) is 24.0 Å². The summed E-state index contributed by atoms with van der Waals surface area (Å²) in [4.78, 5) is 15.6. The van der Waals surface area contributed by atoms with Crippen LogP contribution < -0.4 is 10.6 Å². The van der Waals surface area contributed by atoms with Gasteiger partial charge in [0, 0.05) is 13.1 Å². The van der Waals surface area contributed by atoms with E-state index in [1.165, 1.54) is 12.1 Å². The molecule has 0 saturated carbocycles. The number of rotatable bonds is 3. The first-order chi connectivity index (χ1) is 8.11. The molecule has 0 unspecified atom stereocenters. The Morgan fingerprint density at radius 3 is 3.00 bits per heavy atom. The maximum absolute atomic E-state index is 13.0. The number of carbonyl (C=O) groups excluding carboxylic acids is 1. The maximum Gasteiger partial charge on any atom is 0.240 e. The van der Waals surface area contributed by atoms with Gasteiger partial charge in [0.05, 0.1) is 17.6 Å². The van der Waals surface area contributed by atoms with Crippen LogP contribution in [0.2, 0.25) is 0 Å². The zero-order chi connectivity index (χ0) is 12.4. The van der Waals surface area contributed by atoms with E-state index in [0.717, 1.165) is 5.52 Å². The number of nitrogens with one attached hydrogen (secondary N) is 2. The van der Waals surface area contributed by atoms with Crippen LogP contribution in [-0.2, 0) is 11.8 Å². The van der Waals surface area contributed by atoms with Crippen molar-refractivity contribution >= 4 is 22.9 Å². The number of imidazole rings is 1. The molecule has 0 aliphatic carbocycles. The number of nitrogens with zero attached hydrogens (tertiary/aromatic N) is 2. The minimum atomic E-state index is -0.344. The van der Waals surface area contributed by atoms with E-state index < -0.39 is 0 Å². The van der Waals surface area contributed by atoms with Gasteiger partial charge in [-0.2, -0.15) is 0 Å². The molecule has 2 aromatic rings. The number of benzene rings is 1. The molecule has 0 aliphatic rings. The molecule has 2 rings (SSSR count). The predicted molar refractivity (Wildman–Crippen MR) is 63.2 cm³/mol. The first-order valence-corrected chi connectivity index (χ1v) is 5.18. The largest absolute Gasteiger partial charge is 0.313 e. The smallest absolute Gasteiger partial charge is 0.240 e. The molecule has 17 heavy (non-hydrogen) atoms. The molecular weight excluding hydrogens is 223 g/mol. The molecule has 0 saturated heterocycles. The molecule has 1 heterocycles. The van der Waals surface area contributed by atoms with Gasteiger partial charge in [-0.25, -0.2) is 9.37 Å². The third-order valence-corrected chi connectivity index (χ3v) is 2.43. The highest BCUT2D eigenvalue weighted by Gasteiger charge is 2.10. The van der Waals surface area contributed by atoms with E-state index in [-0.39, 0.29) is 18.3 Å². The first-order valence-electron chi connectivity index (χ1n) is 5.18. The normalized spacial score (nSPS) is 10.8. The van der Waals surface area contributed by atoms with Gasteiger partial charge < -0.3 is 9.88 Å². The summed E-state index contributed by atoms with van der Waals surface area (Å²) in [6.07, 6.45) is 0. The van der Waals surface area contributed by atoms with Crippen molar-refractivity contribution in [2.24, 2.45) is 7.05 Å². The van der Waals surface area contributed by atoms with Gasteiger partial charge in [-0.1, -0.05) is 0 Å². The lowest BCUT2D eigenvalue weighted by molar-refractivity contribution is -0.115. The van der Waals surface area contributed by atoms with E-state index in [2.05, 4.69) is 15.6 Å². The third-order valence-electron chi connectivity index (χ3n) is 2.43. The van der Waals surface area contributed by atoms with Gasteiger partial charge in [0.1, 0.15) is 5.82 Å². The molecule has 0 atom stereocenters. The number of amides is 1. The molecular formula is C11H13FN4O. The van der Waals surface area contributed by atoms with E-state index in [4.69, 9.17) is 0 Å². The van der Waals surface area contributed by atoms with Crippen molar-refractivity contribution in [1.82, 2.24) is 14.9 Å². The van der Waals surface area contributed by atoms with Crippen molar-refractivity contribution in [1.29, 1.82) is 0 Å². The van der Waals surface area contributed by atoms with Crippen molar-refractivity contribution in [3.8, 4) is 0 Å². The molecule has 5 nitrogen and oxygen atoms in total. The standard InChI is InChI=1S/C11H13FN4O/c1-13-6-10(17)15-11-14-8-5-7(12)3-4-9(8)16(11)2/h3-5,13H,6H2,1-2H3,(H,14,15,17). The second-order valence-corrected chi connectivity index (χ2v) is 3.71. The monoisotopic (exact) mass is 236 g/mol. The van der Waals surface area contributed by atoms with E-state index in [1.807, 2.05) is 0 Å². The topological polar surface area (TPSA) is 59.0 Å². The Labute approximate surface area is 97.6 Å². The summed E-state index contributed by atoms with van der Waals surface area (Å²) in [5.41, 5.74) is 1.29. The number of carbonyl (C=O) groups is 1. The average Bonchev–Trinajstić information content (AvgIpc) is 2.55. The van der Waals surface area contributed by atoms with Gasteiger partial charge in [0.2, 0.25) is 11.9 Å². The molecule has 1 aromatic carbocycles. The van der Waals surface area contributed by atoms with Crippen molar-refractivity contribution < 1.29 is 9.18 Å². The Kier molecular flexibility index (Phi) is 3.06. The Balaban J connectivity index is 2.35. The zero-order valence-corrected chi connectivity index (χ0v) is 9.62. The molecule has 2 N–H and O–H groups in total. The number of aryl methyl sites for hydroxylation is 1. The van der Waals surface area contributed by atoms with E-state index in [9.17, 15) is 9.18 Å². The van der Waals surface area contributed by atoms with Crippen molar-refractivity contribution in [2.45, 2.75) is 0 Å². The highest BCUT2D eigenvalue weighted by molar-refractivity contribution is 5.92. The minimum Gasteiger partial charge on any atom is -0.313 e. The second-order valence-electron chi connectivity index (χ2n) is 3.71. The second kappa shape index (κ2) is 4.50. The lowest BCUT2D eigenvalue weighted by Gasteiger charge is -2.04. The molecule has 1 aromatic heterocycles. The molecule has 0 radical (unpaired) electrons. The molecule has 0 spiro atoms. The highest BCUT2D eigenvalue weighted by Crippen LogP contribution is 2.18. The fraction of sp³-hybridized carbons (Fsp3) is 0.273. The number of hydrogen-bond acceptors (Lipinski definition) is 3. The average molecular weight is 236 g/mol. The SMILES string of the molecule is CNCC(=O)Nc1nc2cc(F)ccc2n1C. The Morgan fingerprint density at radius 2 is 2.29 bits per heavy atom. The summed E-state index contributed by atoms with van der Waals surface area (Å²) in [6.45, 7) is 0.206. The lowest BCUT2D eigenvalue weighted by Crippen LogP contribution is -2.26. The van der Waals surface area contributed by atoms with Crippen LogP contribution in [0.5, 0.6) is 0 Å². The van der Waals surface area contributed by atoms with Crippen molar-refractivity contribution in [2.75, 3.05) is 18.9 Å². The van der Waals surface area contributed by atoms with Gasteiger partial charge in [-0.05, 0) is 19.2 Å². The maximum atomic E-state index is 13.0. The summed E-state index contributed by atoms with van der Waals surface area (Å²) in [7, 11) is 3.45. The number of fused-ring (bicyclic) bond motifs is 1. The Hall–Kier alpha value is -1.95. The lowest BCUT2D eigenvalue weighted by atomic mass is 10.3. The molecule has 0 bridgehead atoms. The molecule has 6 heteroatoms. The van der Waals surface area contributed by atoms with Gasteiger partial charge in [-0.3, -0.25) is 10.1 Å². The summed E-state index contributed by atoms with van der Waals surface area (Å²) < 4.78 is 14.7. The number of likely N-dealkylation sites (N-methyl/N-ethyl adjacent to an activating group) is 1. The number of halogens is 1. The third kappa shape index (κ3) is 2.26. The number of hydrogen-bond donors (Lipinski definition) is 2. The zero-order valence-electron chi connectivity index (χ0n) is 9.62.